The molecule has 1 N–H and O–H groups in total. The highest BCUT2D eigenvalue weighted by atomic mass is 16.5. The van der Waals surface area contributed by atoms with E-state index >= 15 is 0 Å². The lowest BCUT2D eigenvalue weighted by Crippen LogP contribution is -2.29. The van der Waals surface area contributed by atoms with Gasteiger partial charge in [-0.25, -0.2) is 0 Å². The van der Waals surface area contributed by atoms with Crippen LogP contribution in [0.2, 0.25) is 0 Å². The molecule has 0 bridgehead atoms. The van der Waals surface area contributed by atoms with Crippen molar-refractivity contribution in [3.8, 4) is 18.1 Å². The Hall–Kier alpha value is -1.99. The van der Waals surface area contributed by atoms with Crippen molar-refractivity contribution in [2.24, 2.45) is 0 Å². The standard InChI is InChI=1S/C15H19NO3/c1-3-8-16(12-15(17)18)11-13-6-5-7-14(10-13)19-9-4-2/h1,5-7,10H,4,8-9,11-12H2,2H3,(H,17,18). The van der Waals surface area contributed by atoms with Crippen molar-refractivity contribution in [1.82, 2.24) is 4.90 Å². The Bertz CT molecular complexity index is 451. The van der Waals surface area contributed by atoms with E-state index in [1.165, 1.54) is 0 Å². The van der Waals surface area contributed by atoms with E-state index in [0.717, 1.165) is 17.7 Å². The Morgan fingerprint density at radius 2 is 2.32 bits per heavy atom. The molecule has 1 aromatic carbocycles. The zero-order valence-corrected chi connectivity index (χ0v) is 11.1. The van der Waals surface area contributed by atoms with E-state index < -0.39 is 5.97 Å². The van der Waals surface area contributed by atoms with Crippen LogP contribution in [0.5, 0.6) is 5.75 Å². The number of carbonyl (C=O) groups is 1. The number of hydrogen-bond acceptors (Lipinski definition) is 3. The second-order valence-corrected chi connectivity index (χ2v) is 4.24. The Morgan fingerprint density at radius 3 is 2.95 bits per heavy atom. The van der Waals surface area contributed by atoms with Gasteiger partial charge in [0.1, 0.15) is 5.75 Å². The molecule has 1 rings (SSSR count). The number of carboxylic acid groups (broad SMARTS) is 1. The number of rotatable bonds is 8. The maximum absolute atomic E-state index is 10.7. The Balaban J connectivity index is 2.67. The molecule has 0 aromatic heterocycles. The number of terminal acetylenes is 1. The first-order valence-electron chi connectivity index (χ1n) is 6.25. The second-order valence-electron chi connectivity index (χ2n) is 4.24. The molecule has 0 saturated heterocycles. The monoisotopic (exact) mass is 261 g/mol. The predicted octanol–water partition coefficient (Wildman–Crippen LogP) is 2.00. The van der Waals surface area contributed by atoms with Crippen molar-refractivity contribution >= 4 is 5.97 Å². The SMILES string of the molecule is C#CCN(CC(=O)O)Cc1cccc(OCCC)c1. The number of benzene rings is 1. The summed E-state index contributed by atoms with van der Waals surface area (Å²) in [7, 11) is 0. The molecule has 102 valence electrons. The minimum absolute atomic E-state index is 0.0652. The van der Waals surface area contributed by atoms with Crippen molar-refractivity contribution in [3.63, 3.8) is 0 Å². The lowest BCUT2D eigenvalue weighted by atomic mass is 10.2. The highest BCUT2D eigenvalue weighted by Gasteiger charge is 2.09. The maximum atomic E-state index is 10.7. The van der Waals surface area contributed by atoms with Crippen LogP contribution >= 0.6 is 0 Å². The summed E-state index contributed by atoms with van der Waals surface area (Å²) >= 11 is 0. The van der Waals surface area contributed by atoms with E-state index in [1.54, 1.807) is 4.90 Å². The Kier molecular flexibility index (Phi) is 6.48. The molecule has 0 aliphatic heterocycles. The minimum atomic E-state index is -0.881. The van der Waals surface area contributed by atoms with E-state index in [0.29, 0.717) is 19.7 Å². The molecule has 0 fully saturated rings. The molecular weight excluding hydrogens is 242 g/mol. The van der Waals surface area contributed by atoms with E-state index in [4.69, 9.17) is 16.3 Å². The van der Waals surface area contributed by atoms with Crippen molar-refractivity contribution in [2.75, 3.05) is 19.7 Å². The average Bonchev–Trinajstić information content (AvgIpc) is 2.36. The van der Waals surface area contributed by atoms with Gasteiger partial charge in [0.25, 0.3) is 0 Å². The van der Waals surface area contributed by atoms with Gasteiger partial charge in [0.2, 0.25) is 0 Å². The maximum Gasteiger partial charge on any atom is 0.317 e. The normalized spacial score (nSPS) is 10.2. The zero-order valence-electron chi connectivity index (χ0n) is 11.1. The van der Waals surface area contributed by atoms with Crippen molar-refractivity contribution in [3.05, 3.63) is 29.8 Å². The summed E-state index contributed by atoms with van der Waals surface area (Å²) in [5.74, 6) is 2.39. The summed E-state index contributed by atoms with van der Waals surface area (Å²) in [5, 5.41) is 8.82. The summed E-state index contributed by atoms with van der Waals surface area (Å²) < 4.78 is 5.54. The highest BCUT2D eigenvalue weighted by molar-refractivity contribution is 5.69. The minimum Gasteiger partial charge on any atom is -0.494 e. The highest BCUT2D eigenvalue weighted by Crippen LogP contribution is 2.15. The van der Waals surface area contributed by atoms with Crippen LogP contribution in [0.15, 0.2) is 24.3 Å². The van der Waals surface area contributed by atoms with Gasteiger partial charge in [0, 0.05) is 6.54 Å². The first kappa shape index (κ1) is 15.1. The number of aliphatic carboxylic acids is 1. The van der Waals surface area contributed by atoms with E-state index in [1.807, 2.05) is 31.2 Å². The van der Waals surface area contributed by atoms with Gasteiger partial charge in [-0.1, -0.05) is 25.0 Å². The molecule has 0 spiro atoms. The van der Waals surface area contributed by atoms with E-state index in [9.17, 15) is 4.79 Å². The van der Waals surface area contributed by atoms with Gasteiger partial charge >= 0.3 is 5.97 Å². The second kappa shape index (κ2) is 8.17. The number of hydrogen-bond donors (Lipinski definition) is 1. The molecule has 4 nitrogen and oxygen atoms in total. The van der Waals surface area contributed by atoms with E-state index in [2.05, 4.69) is 5.92 Å². The third-order valence-corrected chi connectivity index (χ3v) is 2.45. The number of ether oxygens (including phenoxy) is 1. The molecule has 0 saturated carbocycles. The van der Waals surface area contributed by atoms with Crippen molar-refractivity contribution in [2.45, 2.75) is 19.9 Å². The Morgan fingerprint density at radius 1 is 1.53 bits per heavy atom. The van der Waals surface area contributed by atoms with E-state index in [-0.39, 0.29) is 6.54 Å². The van der Waals surface area contributed by atoms with Crippen LogP contribution in [-0.2, 0) is 11.3 Å². The van der Waals surface area contributed by atoms with Gasteiger partial charge in [-0.2, -0.15) is 0 Å². The third kappa shape index (κ3) is 5.94. The lowest BCUT2D eigenvalue weighted by Gasteiger charge is -2.17. The molecule has 0 atom stereocenters. The first-order valence-corrected chi connectivity index (χ1v) is 6.25. The molecule has 19 heavy (non-hydrogen) atoms. The smallest absolute Gasteiger partial charge is 0.317 e. The summed E-state index contributed by atoms with van der Waals surface area (Å²) in [6, 6.07) is 7.64. The number of carboxylic acids is 1. The third-order valence-electron chi connectivity index (χ3n) is 2.45. The average molecular weight is 261 g/mol. The number of nitrogens with zero attached hydrogens (tertiary/aromatic N) is 1. The molecule has 0 amide bonds. The Labute approximate surface area is 114 Å². The van der Waals surface area contributed by atoms with Crippen LogP contribution in [0.4, 0.5) is 0 Å². The molecule has 0 unspecified atom stereocenters. The van der Waals surface area contributed by atoms with Crippen molar-refractivity contribution in [1.29, 1.82) is 0 Å². The van der Waals surface area contributed by atoms with Crippen LogP contribution in [0.3, 0.4) is 0 Å². The van der Waals surface area contributed by atoms with Crippen LogP contribution in [0.25, 0.3) is 0 Å². The largest absolute Gasteiger partial charge is 0.494 e. The van der Waals surface area contributed by atoms with Gasteiger partial charge in [-0.05, 0) is 24.1 Å². The molecule has 1 aromatic rings. The fraction of sp³-hybridized carbons (Fsp3) is 0.400. The predicted molar refractivity (Wildman–Crippen MR) is 74.0 cm³/mol. The van der Waals surface area contributed by atoms with Gasteiger partial charge in [0.05, 0.1) is 19.7 Å². The molecular formula is C15H19NO3. The molecule has 0 aliphatic rings. The van der Waals surface area contributed by atoms with Crippen LogP contribution < -0.4 is 4.74 Å². The van der Waals surface area contributed by atoms with Crippen molar-refractivity contribution < 1.29 is 14.6 Å². The fourth-order valence-corrected chi connectivity index (χ4v) is 1.70. The lowest BCUT2D eigenvalue weighted by molar-refractivity contribution is -0.138. The van der Waals surface area contributed by atoms with Crippen LogP contribution in [0.1, 0.15) is 18.9 Å². The first-order chi connectivity index (χ1) is 9.15. The molecule has 0 radical (unpaired) electrons. The fourth-order valence-electron chi connectivity index (χ4n) is 1.70. The zero-order chi connectivity index (χ0) is 14.1. The van der Waals surface area contributed by atoms with Gasteiger partial charge < -0.3 is 9.84 Å². The molecule has 4 heteroatoms. The van der Waals surface area contributed by atoms with Gasteiger partial charge in [0.15, 0.2) is 0 Å². The summed E-state index contributed by atoms with van der Waals surface area (Å²) in [6.07, 6.45) is 6.20. The summed E-state index contributed by atoms with van der Waals surface area (Å²) in [5.41, 5.74) is 0.991. The molecule has 0 aliphatic carbocycles. The quantitative estimate of drug-likeness (QED) is 0.727. The molecule has 0 heterocycles. The van der Waals surface area contributed by atoms with Gasteiger partial charge in [-0.3, -0.25) is 9.69 Å². The van der Waals surface area contributed by atoms with Crippen LogP contribution in [-0.4, -0.2) is 35.7 Å². The van der Waals surface area contributed by atoms with Crippen LogP contribution in [0, 0.1) is 12.3 Å². The summed E-state index contributed by atoms with van der Waals surface area (Å²) in [6.45, 7) is 3.47. The topological polar surface area (TPSA) is 49.8 Å². The van der Waals surface area contributed by atoms with Gasteiger partial charge in [-0.15, -0.1) is 6.42 Å². The summed E-state index contributed by atoms with van der Waals surface area (Å²) in [4.78, 5) is 12.4.